The van der Waals surface area contributed by atoms with E-state index in [0.29, 0.717) is 11.6 Å². The largest absolute Gasteiger partial charge is 0.435 e. The van der Waals surface area contributed by atoms with Gasteiger partial charge in [-0.15, -0.1) is 0 Å². The van der Waals surface area contributed by atoms with Crippen LogP contribution in [-0.4, -0.2) is 31.4 Å². The molecule has 0 aliphatic heterocycles. The summed E-state index contributed by atoms with van der Waals surface area (Å²) in [6.45, 7) is 0. The van der Waals surface area contributed by atoms with Crippen molar-refractivity contribution >= 4 is 27.5 Å². The molecule has 3 aromatic heterocycles. The number of aromatic amines is 2. The Hall–Kier alpha value is -3.10. The lowest BCUT2D eigenvalue weighted by Crippen LogP contribution is -2.08. The lowest BCUT2D eigenvalue weighted by molar-refractivity contribution is -0.140. The molecule has 9 heteroatoms. The van der Waals surface area contributed by atoms with Crippen LogP contribution in [0.2, 0.25) is 0 Å². The normalized spacial score (nSPS) is 15.0. The number of halogens is 3. The minimum absolute atomic E-state index is 0.0643. The van der Waals surface area contributed by atoms with Gasteiger partial charge >= 0.3 is 6.18 Å². The molecule has 3 N–H and O–H groups in total. The Morgan fingerprint density at radius 1 is 1.19 bits per heavy atom. The van der Waals surface area contributed by atoms with Crippen LogP contribution in [0.5, 0.6) is 0 Å². The highest BCUT2D eigenvalue weighted by molar-refractivity contribution is 6.11. The molecule has 1 aliphatic carbocycles. The van der Waals surface area contributed by atoms with E-state index in [0.717, 1.165) is 34.8 Å². The molecule has 1 fully saturated rings. The average molecular weight is 358 g/mol. The van der Waals surface area contributed by atoms with Crippen LogP contribution in [0.25, 0.3) is 33.1 Å². The molecule has 0 radical (unpaired) electrons. The van der Waals surface area contributed by atoms with Crippen molar-refractivity contribution in [2.45, 2.75) is 25.1 Å². The molecule has 1 aliphatic rings. The highest BCUT2D eigenvalue weighted by Crippen LogP contribution is 2.39. The molecule has 1 aromatic carbocycles. The second kappa shape index (κ2) is 5.20. The van der Waals surface area contributed by atoms with Crippen molar-refractivity contribution in [1.29, 1.82) is 0 Å². The van der Waals surface area contributed by atoms with Crippen LogP contribution in [0.3, 0.4) is 0 Å². The predicted octanol–water partition coefficient (Wildman–Crippen LogP) is 4.09. The van der Waals surface area contributed by atoms with E-state index < -0.39 is 11.9 Å². The van der Waals surface area contributed by atoms with Crippen molar-refractivity contribution in [2.75, 3.05) is 5.32 Å². The topological polar surface area (TPSA) is 82.3 Å². The van der Waals surface area contributed by atoms with E-state index in [4.69, 9.17) is 0 Å². The Kier molecular flexibility index (Phi) is 3.03. The number of pyridine rings is 1. The zero-order chi connectivity index (χ0) is 17.9. The summed E-state index contributed by atoms with van der Waals surface area (Å²) < 4.78 is 39.7. The molecule has 3 heterocycles. The van der Waals surface area contributed by atoms with Crippen molar-refractivity contribution in [3.05, 3.63) is 36.3 Å². The predicted molar refractivity (Wildman–Crippen MR) is 90.6 cm³/mol. The number of anilines is 1. The van der Waals surface area contributed by atoms with Gasteiger partial charge in [-0.05, 0) is 31.0 Å². The van der Waals surface area contributed by atoms with E-state index in [1.807, 2.05) is 6.07 Å². The Labute approximate surface area is 144 Å². The van der Waals surface area contributed by atoms with E-state index in [-0.39, 0.29) is 11.3 Å². The number of hydrogen-bond donors (Lipinski definition) is 3. The first-order valence-corrected chi connectivity index (χ1v) is 8.15. The average Bonchev–Trinajstić information content (AvgIpc) is 3.11. The lowest BCUT2D eigenvalue weighted by Gasteiger charge is -2.13. The molecular weight excluding hydrogens is 345 g/mol. The maximum Gasteiger partial charge on any atom is 0.435 e. The standard InChI is InChI=1S/C17H13F3N6/c18-17(19,20)16-10(7-22-26-16)13-5-14(23-8-1-2-8)15-9-6-21-25-11(9)3-4-12(15)24-13/h3-8H,1-2H2,(H,21,25)(H,22,26)(H,23,24). The molecule has 0 unspecified atom stereocenters. The summed E-state index contributed by atoms with van der Waals surface area (Å²) in [4.78, 5) is 4.47. The van der Waals surface area contributed by atoms with E-state index in [1.165, 1.54) is 6.20 Å². The number of aromatic nitrogens is 5. The highest BCUT2D eigenvalue weighted by atomic mass is 19.4. The third-order valence-electron chi connectivity index (χ3n) is 4.52. The fourth-order valence-corrected chi connectivity index (χ4v) is 3.15. The summed E-state index contributed by atoms with van der Waals surface area (Å²) in [5.74, 6) is 0. The van der Waals surface area contributed by atoms with Gasteiger partial charge in [0.1, 0.15) is 0 Å². The monoisotopic (exact) mass is 358 g/mol. The van der Waals surface area contributed by atoms with Crippen LogP contribution in [0.1, 0.15) is 18.5 Å². The van der Waals surface area contributed by atoms with Crippen molar-refractivity contribution < 1.29 is 13.2 Å². The molecule has 26 heavy (non-hydrogen) atoms. The first kappa shape index (κ1) is 15.2. The Morgan fingerprint density at radius 3 is 2.81 bits per heavy atom. The summed E-state index contributed by atoms with van der Waals surface area (Å²) >= 11 is 0. The van der Waals surface area contributed by atoms with Crippen LogP contribution >= 0.6 is 0 Å². The summed E-state index contributed by atoms with van der Waals surface area (Å²) in [5, 5.41) is 17.8. The molecule has 0 saturated heterocycles. The van der Waals surface area contributed by atoms with Crippen molar-refractivity contribution in [2.24, 2.45) is 0 Å². The molecule has 1 saturated carbocycles. The number of H-pyrrole nitrogens is 2. The molecule has 5 rings (SSSR count). The van der Waals surface area contributed by atoms with E-state index >= 15 is 0 Å². The summed E-state index contributed by atoms with van der Waals surface area (Å²) in [6, 6.07) is 5.60. The van der Waals surface area contributed by atoms with Gasteiger partial charge in [0.05, 0.1) is 28.5 Å². The number of rotatable bonds is 3. The van der Waals surface area contributed by atoms with Crippen LogP contribution in [0.4, 0.5) is 18.9 Å². The molecule has 6 nitrogen and oxygen atoms in total. The molecule has 0 bridgehead atoms. The molecule has 132 valence electrons. The van der Waals surface area contributed by atoms with Crippen molar-refractivity contribution in [1.82, 2.24) is 25.4 Å². The van der Waals surface area contributed by atoms with E-state index in [1.54, 1.807) is 18.3 Å². The quantitative estimate of drug-likeness (QED) is 0.515. The van der Waals surface area contributed by atoms with Crippen LogP contribution in [-0.2, 0) is 6.18 Å². The zero-order valence-corrected chi connectivity index (χ0v) is 13.4. The van der Waals surface area contributed by atoms with Gasteiger partial charge in [0.15, 0.2) is 5.69 Å². The Balaban J connectivity index is 1.77. The first-order chi connectivity index (χ1) is 12.5. The minimum atomic E-state index is -4.55. The first-order valence-electron chi connectivity index (χ1n) is 8.15. The number of fused-ring (bicyclic) bond motifs is 3. The minimum Gasteiger partial charge on any atom is -0.382 e. The second-order valence-corrected chi connectivity index (χ2v) is 6.41. The number of benzene rings is 1. The molecule has 0 spiro atoms. The second-order valence-electron chi connectivity index (χ2n) is 6.41. The number of nitrogens with one attached hydrogen (secondary N) is 3. The van der Waals surface area contributed by atoms with Crippen LogP contribution < -0.4 is 5.32 Å². The summed E-state index contributed by atoms with van der Waals surface area (Å²) in [7, 11) is 0. The van der Waals surface area contributed by atoms with Gasteiger partial charge in [0.25, 0.3) is 0 Å². The summed E-state index contributed by atoms with van der Waals surface area (Å²) in [5.41, 5.74) is 1.41. The van der Waals surface area contributed by atoms with Gasteiger partial charge in [-0.25, -0.2) is 4.98 Å². The Morgan fingerprint density at radius 2 is 2.04 bits per heavy atom. The van der Waals surface area contributed by atoms with Gasteiger partial charge in [0.2, 0.25) is 0 Å². The molecule has 0 amide bonds. The van der Waals surface area contributed by atoms with Gasteiger partial charge in [-0.1, -0.05) is 0 Å². The fraction of sp³-hybridized carbons (Fsp3) is 0.235. The third kappa shape index (κ3) is 2.39. The van der Waals surface area contributed by atoms with Crippen LogP contribution in [0.15, 0.2) is 30.6 Å². The smallest absolute Gasteiger partial charge is 0.382 e. The molecule has 4 aromatic rings. The summed E-state index contributed by atoms with van der Waals surface area (Å²) in [6.07, 6.45) is 0.467. The van der Waals surface area contributed by atoms with Gasteiger partial charge in [-0.3, -0.25) is 10.2 Å². The maximum absolute atomic E-state index is 13.2. The number of nitrogens with zero attached hydrogens (tertiary/aromatic N) is 3. The number of hydrogen-bond acceptors (Lipinski definition) is 4. The fourth-order valence-electron chi connectivity index (χ4n) is 3.15. The van der Waals surface area contributed by atoms with Gasteiger partial charge in [-0.2, -0.15) is 23.4 Å². The highest BCUT2D eigenvalue weighted by Gasteiger charge is 2.37. The Bertz CT molecular complexity index is 1120. The van der Waals surface area contributed by atoms with E-state index in [9.17, 15) is 13.2 Å². The molecule has 0 atom stereocenters. The van der Waals surface area contributed by atoms with Crippen molar-refractivity contribution in [3.63, 3.8) is 0 Å². The third-order valence-corrected chi connectivity index (χ3v) is 4.52. The lowest BCUT2D eigenvalue weighted by atomic mass is 10.1. The van der Waals surface area contributed by atoms with E-state index in [2.05, 4.69) is 30.7 Å². The number of alkyl halides is 3. The molecular formula is C17H13F3N6. The van der Waals surface area contributed by atoms with Gasteiger partial charge < -0.3 is 5.32 Å². The van der Waals surface area contributed by atoms with Crippen LogP contribution in [0, 0.1) is 0 Å². The SMILES string of the molecule is FC(F)(F)c1n[nH]cc1-c1cc(NC2CC2)c2c(ccc3[nH]ncc32)n1. The zero-order valence-electron chi connectivity index (χ0n) is 13.4. The van der Waals surface area contributed by atoms with Gasteiger partial charge in [0, 0.05) is 28.7 Å². The van der Waals surface area contributed by atoms with Crippen molar-refractivity contribution in [3.8, 4) is 11.3 Å². The maximum atomic E-state index is 13.2.